The van der Waals surface area contributed by atoms with Crippen molar-refractivity contribution < 1.29 is 26.3 Å². The van der Waals surface area contributed by atoms with Crippen molar-refractivity contribution in [3.8, 4) is 5.88 Å². The van der Waals surface area contributed by atoms with Crippen molar-refractivity contribution in [1.29, 1.82) is 0 Å². The second-order valence-electron chi connectivity index (χ2n) is 7.16. The molecule has 0 fully saturated rings. The number of hydrogen-bond donors (Lipinski definition) is 1. The quantitative estimate of drug-likeness (QED) is 0.654. The number of rotatable bonds is 6. The predicted molar refractivity (Wildman–Crippen MR) is 114 cm³/mol. The summed E-state index contributed by atoms with van der Waals surface area (Å²) in [5.41, 5.74) is 3.33. The molecule has 12 heteroatoms. The van der Waals surface area contributed by atoms with Crippen LogP contribution in [0.15, 0.2) is 42.2 Å². The normalized spacial score (nSPS) is 20.6. The molecule has 3 rings (SSSR count). The monoisotopic (exact) mass is 467 g/mol. The highest BCUT2D eigenvalue weighted by molar-refractivity contribution is 7.89. The molecule has 0 saturated heterocycles. The van der Waals surface area contributed by atoms with Crippen LogP contribution in [0.5, 0.6) is 5.88 Å². The summed E-state index contributed by atoms with van der Waals surface area (Å²) in [7, 11) is -2.72. The van der Waals surface area contributed by atoms with Crippen molar-refractivity contribution in [2.45, 2.75) is 12.5 Å². The summed E-state index contributed by atoms with van der Waals surface area (Å²) in [5.74, 6) is -4.35. The highest BCUT2D eigenvalue weighted by atomic mass is 32.2. The van der Waals surface area contributed by atoms with E-state index in [4.69, 9.17) is 10.5 Å². The van der Waals surface area contributed by atoms with Crippen LogP contribution in [-0.2, 0) is 15.6 Å². The average Bonchev–Trinajstić information content (AvgIpc) is 2.72. The Labute approximate surface area is 183 Å². The Kier molecular flexibility index (Phi) is 6.26. The molecular formula is C20H20F3N5O3S. The van der Waals surface area contributed by atoms with Crippen molar-refractivity contribution >= 4 is 27.9 Å². The third-order valence-electron chi connectivity index (χ3n) is 4.71. The van der Waals surface area contributed by atoms with Crippen LogP contribution in [0, 0.1) is 11.6 Å². The van der Waals surface area contributed by atoms with Crippen LogP contribution in [0.4, 0.5) is 13.2 Å². The summed E-state index contributed by atoms with van der Waals surface area (Å²) in [4.78, 5) is 11.8. The van der Waals surface area contributed by atoms with Crippen LogP contribution >= 0.6 is 0 Å². The number of guanidine groups is 1. The first-order chi connectivity index (χ1) is 15.0. The minimum Gasteiger partial charge on any atom is -0.472 e. The van der Waals surface area contributed by atoms with Gasteiger partial charge >= 0.3 is 0 Å². The summed E-state index contributed by atoms with van der Waals surface area (Å²) in [6, 6.07) is 1.89. The van der Waals surface area contributed by atoms with E-state index in [-0.39, 0.29) is 35.3 Å². The standard InChI is InChI=1S/C20H20F3N5O3S/c1-4-5-31-17-10-25-16(9-26-17)14(21)7-12-6-13(18(23)15(22)8-12)20(2)11-32(29,30)28(3)19(24)27-20/h4,6-10H,1,5,11H2,2-3H3,(H2,24,27). The van der Waals surface area contributed by atoms with Gasteiger partial charge in [0.25, 0.3) is 0 Å². The van der Waals surface area contributed by atoms with Crippen molar-refractivity contribution in [3.63, 3.8) is 0 Å². The molecule has 170 valence electrons. The van der Waals surface area contributed by atoms with E-state index >= 15 is 0 Å². The lowest BCUT2D eigenvalue weighted by molar-refractivity contribution is 0.347. The van der Waals surface area contributed by atoms with Crippen molar-refractivity contribution in [2.75, 3.05) is 19.4 Å². The Morgan fingerprint density at radius 2 is 2.06 bits per heavy atom. The minimum absolute atomic E-state index is 0.0727. The van der Waals surface area contributed by atoms with Gasteiger partial charge in [0.15, 0.2) is 17.5 Å². The molecule has 0 radical (unpaired) electrons. The molecule has 1 atom stereocenters. The second-order valence-corrected chi connectivity index (χ2v) is 9.16. The van der Waals surface area contributed by atoms with Crippen LogP contribution in [0.3, 0.4) is 0 Å². The van der Waals surface area contributed by atoms with Gasteiger partial charge in [0.05, 0.1) is 18.1 Å². The second kappa shape index (κ2) is 8.61. The molecule has 1 unspecified atom stereocenters. The Balaban J connectivity index is 2.01. The minimum atomic E-state index is -3.92. The molecule has 2 N–H and O–H groups in total. The number of benzene rings is 1. The molecular weight excluding hydrogens is 447 g/mol. The number of nitrogens with two attached hydrogens (primary N) is 1. The Morgan fingerprint density at radius 3 is 2.66 bits per heavy atom. The van der Waals surface area contributed by atoms with Gasteiger partial charge < -0.3 is 10.5 Å². The molecule has 0 spiro atoms. The van der Waals surface area contributed by atoms with Gasteiger partial charge in [-0.05, 0) is 30.7 Å². The first-order valence-corrected chi connectivity index (χ1v) is 10.8. The van der Waals surface area contributed by atoms with Gasteiger partial charge in [0.2, 0.25) is 21.9 Å². The molecule has 1 aliphatic rings. The van der Waals surface area contributed by atoms with E-state index < -0.39 is 38.8 Å². The van der Waals surface area contributed by atoms with Gasteiger partial charge in [-0.3, -0.25) is 0 Å². The zero-order valence-electron chi connectivity index (χ0n) is 17.2. The lowest BCUT2D eigenvalue weighted by Gasteiger charge is -2.34. The van der Waals surface area contributed by atoms with Gasteiger partial charge in [-0.15, -0.1) is 0 Å². The fourth-order valence-electron chi connectivity index (χ4n) is 3.05. The molecule has 32 heavy (non-hydrogen) atoms. The summed E-state index contributed by atoms with van der Waals surface area (Å²) in [5, 5.41) is 0. The molecule has 8 nitrogen and oxygen atoms in total. The largest absolute Gasteiger partial charge is 0.472 e. The van der Waals surface area contributed by atoms with E-state index in [0.717, 1.165) is 28.7 Å². The number of aromatic nitrogens is 2. The van der Waals surface area contributed by atoms with E-state index in [1.54, 1.807) is 0 Å². The summed E-state index contributed by atoms with van der Waals surface area (Å²) in [6.07, 6.45) is 4.73. The molecule has 2 aromatic rings. The predicted octanol–water partition coefficient (Wildman–Crippen LogP) is 2.59. The molecule has 0 aliphatic carbocycles. The first-order valence-electron chi connectivity index (χ1n) is 9.21. The molecule has 0 bridgehead atoms. The van der Waals surface area contributed by atoms with Gasteiger partial charge in [-0.1, -0.05) is 12.7 Å². The molecule has 1 aromatic heterocycles. The van der Waals surface area contributed by atoms with Crippen LogP contribution in [-0.4, -0.2) is 48.1 Å². The Bertz CT molecular complexity index is 1220. The van der Waals surface area contributed by atoms with Gasteiger partial charge in [-0.25, -0.2) is 40.9 Å². The maximum atomic E-state index is 14.7. The number of aliphatic imine (C=N–C) groups is 1. The van der Waals surface area contributed by atoms with Gasteiger partial charge in [0, 0.05) is 12.6 Å². The number of nitrogens with zero attached hydrogens (tertiary/aromatic N) is 4. The maximum Gasteiger partial charge on any atom is 0.239 e. The van der Waals surface area contributed by atoms with Crippen LogP contribution in [0.2, 0.25) is 0 Å². The first kappa shape index (κ1) is 23.3. The lowest BCUT2D eigenvalue weighted by Crippen LogP contribution is -2.50. The van der Waals surface area contributed by atoms with Crippen molar-refractivity contribution in [2.24, 2.45) is 10.7 Å². The third kappa shape index (κ3) is 4.59. The highest BCUT2D eigenvalue weighted by Gasteiger charge is 2.42. The molecule has 0 saturated carbocycles. The zero-order valence-corrected chi connectivity index (χ0v) is 18.0. The zero-order chi connectivity index (χ0) is 23.7. The lowest BCUT2D eigenvalue weighted by atomic mass is 9.92. The summed E-state index contributed by atoms with van der Waals surface area (Å²) in [6.45, 7) is 4.99. The molecule has 2 heterocycles. The summed E-state index contributed by atoms with van der Waals surface area (Å²) >= 11 is 0. The van der Waals surface area contributed by atoms with E-state index in [0.29, 0.717) is 0 Å². The fraction of sp³-hybridized carbons (Fsp3) is 0.250. The Morgan fingerprint density at radius 1 is 1.34 bits per heavy atom. The van der Waals surface area contributed by atoms with Gasteiger partial charge in [-0.2, -0.15) is 0 Å². The van der Waals surface area contributed by atoms with Crippen LogP contribution < -0.4 is 10.5 Å². The van der Waals surface area contributed by atoms with Gasteiger partial charge in [0.1, 0.15) is 17.8 Å². The smallest absolute Gasteiger partial charge is 0.239 e. The highest BCUT2D eigenvalue weighted by Crippen LogP contribution is 2.35. The number of ether oxygens (including phenoxy) is 1. The Hall–Kier alpha value is -3.41. The molecule has 1 aromatic carbocycles. The van der Waals surface area contributed by atoms with E-state index in [1.807, 2.05) is 0 Å². The number of halogens is 3. The average molecular weight is 467 g/mol. The number of sulfonamides is 1. The van der Waals surface area contributed by atoms with E-state index in [9.17, 15) is 21.6 Å². The topological polar surface area (TPSA) is 111 Å². The van der Waals surface area contributed by atoms with E-state index in [2.05, 4.69) is 21.5 Å². The van der Waals surface area contributed by atoms with E-state index in [1.165, 1.54) is 26.2 Å². The van der Waals surface area contributed by atoms with Crippen LogP contribution in [0.25, 0.3) is 11.9 Å². The molecule has 0 amide bonds. The SMILES string of the molecule is C=CCOc1cnc(C(F)=Cc2cc(F)c(F)c(C3(C)CS(=O)(=O)N(C)C(N)=N3)c2)cn1. The van der Waals surface area contributed by atoms with Crippen molar-refractivity contribution in [3.05, 3.63) is 65.6 Å². The number of hydrogen-bond acceptors (Lipinski definition) is 7. The fourth-order valence-corrected chi connectivity index (χ4v) is 4.50. The van der Waals surface area contributed by atoms with Crippen LogP contribution in [0.1, 0.15) is 23.7 Å². The molecule has 1 aliphatic heterocycles. The summed E-state index contributed by atoms with van der Waals surface area (Å²) < 4.78 is 74.3. The maximum absolute atomic E-state index is 14.7. The van der Waals surface area contributed by atoms with Crippen molar-refractivity contribution in [1.82, 2.24) is 14.3 Å². The third-order valence-corrected chi connectivity index (χ3v) is 6.66.